The van der Waals surface area contributed by atoms with E-state index in [1.165, 1.54) is 6.07 Å². The van der Waals surface area contributed by atoms with Gasteiger partial charge in [0.05, 0.1) is 4.92 Å². The predicted molar refractivity (Wildman–Crippen MR) is 79.9 cm³/mol. The zero-order chi connectivity index (χ0) is 14.5. The van der Waals surface area contributed by atoms with Crippen LogP contribution in [0.4, 0.5) is 11.5 Å². The van der Waals surface area contributed by atoms with Crippen molar-refractivity contribution in [1.82, 2.24) is 10.3 Å². The summed E-state index contributed by atoms with van der Waals surface area (Å²) in [6.07, 6.45) is 1.63. The molecule has 7 heteroatoms. The number of nitrogens with one attached hydrogen (secondary N) is 1. The lowest BCUT2D eigenvalue weighted by molar-refractivity contribution is -0.384. The van der Waals surface area contributed by atoms with Gasteiger partial charge < -0.3 is 10.2 Å². The molecule has 108 valence electrons. The SMILES string of the molecule is CC1(C)C2CNCC2CN1c1ncc(Br)cc1[N+](=O)[O-]. The zero-order valence-corrected chi connectivity index (χ0v) is 13.1. The van der Waals surface area contributed by atoms with Crippen LogP contribution >= 0.6 is 15.9 Å². The molecule has 6 nitrogen and oxygen atoms in total. The van der Waals surface area contributed by atoms with Gasteiger partial charge in [-0.05, 0) is 41.6 Å². The number of halogens is 1. The van der Waals surface area contributed by atoms with Crippen molar-refractivity contribution in [2.45, 2.75) is 19.4 Å². The first-order valence-electron chi connectivity index (χ1n) is 6.69. The fraction of sp³-hybridized carbons (Fsp3) is 0.615. The zero-order valence-electron chi connectivity index (χ0n) is 11.5. The molecule has 0 aliphatic carbocycles. The van der Waals surface area contributed by atoms with Crippen molar-refractivity contribution in [3.05, 3.63) is 26.9 Å². The van der Waals surface area contributed by atoms with E-state index < -0.39 is 0 Å². The Morgan fingerprint density at radius 2 is 2.30 bits per heavy atom. The highest BCUT2D eigenvalue weighted by Gasteiger charge is 2.51. The van der Waals surface area contributed by atoms with Crippen molar-refractivity contribution in [1.29, 1.82) is 0 Å². The molecule has 2 atom stereocenters. The van der Waals surface area contributed by atoms with Crippen LogP contribution in [0.1, 0.15) is 13.8 Å². The summed E-state index contributed by atoms with van der Waals surface area (Å²) in [4.78, 5) is 17.4. The van der Waals surface area contributed by atoms with E-state index in [2.05, 4.69) is 45.0 Å². The van der Waals surface area contributed by atoms with E-state index in [1.54, 1.807) is 6.20 Å². The Balaban J connectivity index is 2.04. The smallest absolute Gasteiger partial charge is 0.312 e. The summed E-state index contributed by atoms with van der Waals surface area (Å²) in [6, 6.07) is 1.53. The first-order valence-corrected chi connectivity index (χ1v) is 7.49. The summed E-state index contributed by atoms with van der Waals surface area (Å²) < 4.78 is 0.631. The molecule has 1 aromatic rings. The number of aromatic nitrogens is 1. The van der Waals surface area contributed by atoms with E-state index in [0.29, 0.717) is 22.1 Å². The van der Waals surface area contributed by atoms with E-state index in [4.69, 9.17) is 0 Å². The average molecular weight is 341 g/mol. The van der Waals surface area contributed by atoms with Gasteiger partial charge in [0.2, 0.25) is 5.82 Å². The number of nitrogens with zero attached hydrogens (tertiary/aromatic N) is 3. The lowest BCUT2D eigenvalue weighted by Gasteiger charge is -2.36. The fourth-order valence-electron chi connectivity index (χ4n) is 3.54. The normalized spacial score (nSPS) is 27.6. The number of anilines is 1. The minimum atomic E-state index is -0.352. The Morgan fingerprint density at radius 1 is 1.55 bits per heavy atom. The Hall–Kier alpha value is -1.21. The van der Waals surface area contributed by atoms with Gasteiger partial charge >= 0.3 is 5.69 Å². The molecule has 0 radical (unpaired) electrons. The van der Waals surface area contributed by atoms with Gasteiger partial charge in [-0.25, -0.2) is 4.98 Å². The summed E-state index contributed by atoms with van der Waals surface area (Å²) in [5.74, 6) is 1.53. The maximum atomic E-state index is 11.3. The topological polar surface area (TPSA) is 71.3 Å². The molecule has 2 aliphatic rings. The van der Waals surface area contributed by atoms with Gasteiger partial charge in [-0.15, -0.1) is 0 Å². The van der Waals surface area contributed by atoms with Crippen molar-refractivity contribution < 1.29 is 4.92 Å². The molecule has 2 unspecified atom stereocenters. The summed E-state index contributed by atoms with van der Waals surface area (Å²) in [7, 11) is 0. The molecular formula is C13H17BrN4O2. The number of rotatable bonds is 2. The monoisotopic (exact) mass is 340 g/mol. The van der Waals surface area contributed by atoms with E-state index in [0.717, 1.165) is 19.6 Å². The lowest BCUT2D eigenvalue weighted by atomic mass is 9.85. The predicted octanol–water partition coefficient (Wildman–Crippen LogP) is 2.19. The summed E-state index contributed by atoms with van der Waals surface area (Å²) in [5, 5.41) is 14.7. The van der Waals surface area contributed by atoms with Crippen LogP contribution in [0.2, 0.25) is 0 Å². The second-order valence-electron chi connectivity index (χ2n) is 6.04. The van der Waals surface area contributed by atoms with Crippen molar-refractivity contribution in [2.24, 2.45) is 11.8 Å². The molecule has 2 aliphatic heterocycles. The van der Waals surface area contributed by atoms with E-state index in [1.807, 2.05) is 0 Å². The van der Waals surface area contributed by atoms with Gasteiger partial charge in [0.1, 0.15) is 0 Å². The van der Waals surface area contributed by atoms with Crippen LogP contribution in [0.15, 0.2) is 16.7 Å². The standard InChI is InChI=1S/C13H17BrN4O2/c1-13(2)10-6-15-4-8(10)7-17(13)12-11(18(19)20)3-9(14)5-16-12/h3,5,8,10,15H,4,6-7H2,1-2H3. The first kappa shape index (κ1) is 13.8. The number of hydrogen-bond donors (Lipinski definition) is 1. The Kier molecular flexibility index (Phi) is 3.21. The first-order chi connectivity index (χ1) is 9.41. The molecule has 2 saturated heterocycles. The van der Waals surface area contributed by atoms with Crippen LogP contribution in [0.3, 0.4) is 0 Å². The van der Waals surface area contributed by atoms with Crippen molar-refractivity contribution in [2.75, 3.05) is 24.5 Å². The van der Waals surface area contributed by atoms with Gasteiger partial charge in [-0.3, -0.25) is 10.1 Å². The fourth-order valence-corrected chi connectivity index (χ4v) is 3.86. The van der Waals surface area contributed by atoms with E-state index in [-0.39, 0.29) is 16.1 Å². The quantitative estimate of drug-likeness (QED) is 0.660. The van der Waals surface area contributed by atoms with Gasteiger partial charge in [0, 0.05) is 41.9 Å². The van der Waals surface area contributed by atoms with E-state index >= 15 is 0 Å². The third-order valence-corrected chi connectivity index (χ3v) is 5.06. The van der Waals surface area contributed by atoms with Crippen molar-refractivity contribution in [3.8, 4) is 0 Å². The minimum absolute atomic E-state index is 0.0698. The maximum Gasteiger partial charge on any atom is 0.312 e. The Labute approximate surface area is 125 Å². The van der Waals surface area contributed by atoms with E-state index in [9.17, 15) is 10.1 Å². The third-order valence-electron chi connectivity index (χ3n) is 4.63. The number of fused-ring (bicyclic) bond motifs is 1. The highest BCUT2D eigenvalue weighted by atomic mass is 79.9. The molecule has 2 fully saturated rings. The molecule has 3 heterocycles. The van der Waals surface area contributed by atoms with Crippen LogP contribution in [0, 0.1) is 22.0 Å². The summed E-state index contributed by atoms with van der Waals surface area (Å²) >= 11 is 3.25. The molecule has 20 heavy (non-hydrogen) atoms. The Bertz CT molecular complexity index is 563. The average Bonchev–Trinajstić information content (AvgIpc) is 2.92. The largest absolute Gasteiger partial charge is 0.345 e. The van der Waals surface area contributed by atoms with Crippen molar-refractivity contribution >= 4 is 27.4 Å². The van der Waals surface area contributed by atoms with Crippen LogP contribution < -0.4 is 10.2 Å². The lowest BCUT2D eigenvalue weighted by Crippen LogP contribution is -2.45. The molecule has 0 saturated carbocycles. The van der Waals surface area contributed by atoms with Crippen LogP contribution in [-0.4, -0.2) is 35.1 Å². The number of hydrogen-bond acceptors (Lipinski definition) is 5. The molecule has 0 aromatic carbocycles. The van der Waals surface area contributed by atoms with Crippen LogP contribution in [-0.2, 0) is 0 Å². The highest BCUT2D eigenvalue weighted by molar-refractivity contribution is 9.10. The summed E-state index contributed by atoms with van der Waals surface area (Å²) in [5.41, 5.74) is -0.0554. The molecule has 3 rings (SSSR count). The number of nitro groups is 1. The van der Waals surface area contributed by atoms with Gasteiger partial charge in [-0.1, -0.05) is 0 Å². The van der Waals surface area contributed by atoms with Crippen LogP contribution in [0.5, 0.6) is 0 Å². The molecule has 1 N–H and O–H groups in total. The molecule has 0 amide bonds. The highest BCUT2D eigenvalue weighted by Crippen LogP contribution is 2.45. The Morgan fingerprint density at radius 3 is 2.95 bits per heavy atom. The minimum Gasteiger partial charge on any atom is -0.345 e. The van der Waals surface area contributed by atoms with Gasteiger partial charge in [-0.2, -0.15) is 0 Å². The number of pyridine rings is 1. The van der Waals surface area contributed by atoms with Gasteiger partial charge in [0.25, 0.3) is 0 Å². The molecule has 0 bridgehead atoms. The van der Waals surface area contributed by atoms with Crippen molar-refractivity contribution in [3.63, 3.8) is 0 Å². The van der Waals surface area contributed by atoms with Crippen LogP contribution in [0.25, 0.3) is 0 Å². The molecule has 0 spiro atoms. The summed E-state index contributed by atoms with van der Waals surface area (Å²) in [6.45, 7) is 7.07. The maximum absolute atomic E-state index is 11.3. The second kappa shape index (κ2) is 4.66. The molecular weight excluding hydrogens is 324 g/mol. The van der Waals surface area contributed by atoms with Gasteiger partial charge in [0.15, 0.2) is 0 Å². The third kappa shape index (κ3) is 2.00. The second-order valence-corrected chi connectivity index (χ2v) is 6.96. The molecule has 1 aromatic heterocycles.